The van der Waals surface area contributed by atoms with E-state index in [2.05, 4.69) is 56.6 Å². The Hall–Kier alpha value is -1.76. The maximum Gasteiger partial charge on any atom is 0.0384 e. The van der Waals surface area contributed by atoms with Crippen molar-refractivity contribution >= 4 is 5.69 Å². The van der Waals surface area contributed by atoms with Crippen LogP contribution in [-0.2, 0) is 0 Å². The average Bonchev–Trinajstić information content (AvgIpc) is 2.81. The lowest BCUT2D eigenvalue weighted by Gasteiger charge is -2.15. The molecule has 0 fully saturated rings. The van der Waals surface area contributed by atoms with E-state index in [1.807, 2.05) is 6.08 Å². The van der Waals surface area contributed by atoms with Crippen LogP contribution in [0.5, 0.6) is 0 Å². The van der Waals surface area contributed by atoms with E-state index in [1.54, 1.807) is 0 Å². The maximum absolute atomic E-state index is 4.16. The zero-order valence-electron chi connectivity index (χ0n) is 12.0. The van der Waals surface area contributed by atoms with E-state index in [1.165, 1.54) is 16.7 Å². The minimum Gasteiger partial charge on any atom is -0.359 e. The molecule has 2 rings (SSSR count). The van der Waals surface area contributed by atoms with Gasteiger partial charge in [-0.3, -0.25) is 0 Å². The summed E-state index contributed by atoms with van der Waals surface area (Å²) in [5.41, 5.74) is 6.26. The van der Waals surface area contributed by atoms with E-state index < -0.39 is 0 Å². The average molecular weight is 253 g/mol. The normalized spacial score (nSPS) is 18.0. The van der Waals surface area contributed by atoms with E-state index in [0.29, 0.717) is 5.92 Å². The van der Waals surface area contributed by atoms with Crippen molar-refractivity contribution < 1.29 is 0 Å². The van der Waals surface area contributed by atoms with Crippen LogP contribution in [0.15, 0.2) is 54.8 Å². The minimum absolute atomic E-state index is 0.680. The quantitative estimate of drug-likeness (QED) is 0.766. The number of rotatable bonds is 5. The molecular weight excluding hydrogens is 230 g/mol. The Morgan fingerprint density at radius 2 is 2.16 bits per heavy atom. The molecule has 1 nitrogen and oxygen atoms in total. The molecule has 1 aliphatic carbocycles. The number of nitrogens with one attached hydrogen (secondary N) is 1. The van der Waals surface area contributed by atoms with Gasteiger partial charge in [0.2, 0.25) is 0 Å². The number of hydrogen-bond acceptors (Lipinski definition) is 1. The molecule has 1 atom stereocenters. The first-order chi connectivity index (χ1) is 9.08. The van der Waals surface area contributed by atoms with Crippen molar-refractivity contribution in [3.63, 3.8) is 0 Å². The summed E-state index contributed by atoms with van der Waals surface area (Å²) in [4.78, 5) is 0. The van der Waals surface area contributed by atoms with Crippen LogP contribution in [0.3, 0.4) is 0 Å². The molecule has 1 aliphatic rings. The molecule has 19 heavy (non-hydrogen) atoms. The van der Waals surface area contributed by atoms with E-state index in [4.69, 9.17) is 0 Å². The summed E-state index contributed by atoms with van der Waals surface area (Å²) in [7, 11) is 0. The number of hydrogen-bond donors (Lipinski definition) is 1. The Kier molecular flexibility index (Phi) is 4.26. The van der Waals surface area contributed by atoms with Crippen molar-refractivity contribution in [2.24, 2.45) is 5.92 Å². The fourth-order valence-electron chi connectivity index (χ4n) is 2.56. The van der Waals surface area contributed by atoms with Crippen LogP contribution in [0.2, 0.25) is 0 Å². The van der Waals surface area contributed by atoms with Gasteiger partial charge in [-0.15, -0.1) is 0 Å². The van der Waals surface area contributed by atoms with Gasteiger partial charge in [-0.1, -0.05) is 36.9 Å². The molecule has 0 saturated heterocycles. The molecule has 1 aromatic rings. The lowest BCUT2D eigenvalue weighted by atomic mass is 9.99. The predicted octanol–water partition coefficient (Wildman–Crippen LogP) is 5.14. The van der Waals surface area contributed by atoms with Crippen molar-refractivity contribution in [1.29, 1.82) is 0 Å². The second-order valence-corrected chi connectivity index (χ2v) is 5.52. The topological polar surface area (TPSA) is 12.0 Å². The third kappa shape index (κ3) is 3.60. The van der Waals surface area contributed by atoms with Gasteiger partial charge in [-0.25, -0.2) is 0 Å². The highest BCUT2D eigenvalue weighted by Gasteiger charge is 2.16. The van der Waals surface area contributed by atoms with Crippen LogP contribution < -0.4 is 5.32 Å². The minimum atomic E-state index is 0.680. The Bertz CT molecular complexity index is 522. The monoisotopic (exact) mass is 253 g/mol. The van der Waals surface area contributed by atoms with Crippen LogP contribution in [0, 0.1) is 19.8 Å². The second kappa shape index (κ2) is 5.92. The summed E-state index contributed by atoms with van der Waals surface area (Å²) < 4.78 is 0. The van der Waals surface area contributed by atoms with Gasteiger partial charge in [0.25, 0.3) is 0 Å². The van der Waals surface area contributed by atoms with Gasteiger partial charge < -0.3 is 5.32 Å². The van der Waals surface area contributed by atoms with Gasteiger partial charge in [0, 0.05) is 11.4 Å². The summed E-state index contributed by atoms with van der Waals surface area (Å²) in [6.07, 6.45) is 7.58. The third-order valence-corrected chi connectivity index (χ3v) is 3.86. The number of benzene rings is 1. The van der Waals surface area contributed by atoms with Crippen molar-refractivity contribution in [3.8, 4) is 0 Å². The smallest absolute Gasteiger partial charge is 0.0384 e. The highest BCUT2D eigenvalue weighted by Crippen LogP contribution is 2.30. The Balaban J connectivity index is 1.88. The highest BCUT2D eigenvalue weighted by atomic mass is 14.9. The zero-order chi connectivity index (χ0) is 13.8. The number of anilines is 1. The fourth-order valence-corrected chi connectivity index (χ4v) is 2.56. The predicted molar refractivity (Wildman–Crippen MR) is 84.3 cm³/mol. The standard InChI is InChI=1S/C18H23N/c1-5-16-7-8-17(12-16)11-15(4)19-18-9-6-13(2)14(3)10-18/h5-7,9-10,17,19H,1,4,8,11-12H2,2-3H3. The Labute approximate surface area is 116 Å². The van der Waals surface area contributed by atoms with Gasteiger partial charge in [0.15, 0.2) is 0 Å². The molecule has 0 bridgehead atoms. The van der Waals surface area contributed by atoms with Crippen LogP contribution in [-0.4, -0.2) is 0 Å². The van der Waals surface area contributed by atoms with E-state index in [0.717, 1.165) is 30.6 Å². The highest BCUT2D eigenvalue weighted by molar-refractivity contribution is 5.51. The van der Waals surface area contributed by atoms with E-state index >= 15 is 0 Å². The first kappa shape index (κ1) is 13.7. The van der Waals surface area contributed by atoms with Gasteiger partial charge in [0.05, 0.1) is 0 Å². The molecule has 1 unspecified atom stereocenters. The zero-order valence-corrected chi connectivity index (χ0v) is 12.0. The number of aryl methyl sites for hydroxylation is 2. The molecule has 100 valence electrons. The number of allylic oxidation sites excluding steroid dienone is 4. The Morgan fingerprint density at radius 1 is 1.37 bits per heavy atom. The van der Waals surface area contributed by atoms with Gasteiger partial charge in [0.1, 0.15) is 0 Å². The molecule has 0 spiro atoms. The fraction of sp³-hybridized carbons (Fsp3) is 0.333. The SMILES string of the molecule is C=CC1=CCC(CC(=C)Nc2ccc(C)c(C)c2)C1. The van der Waals surface area contributed by atoms with E-state index in [9.17, 15) is 0 Å². The maximum atomic E-state index is 4.16. The van der Waals surface area contributed by atoms with E-state index in [-0.39, 0.29) is 0 Å². The summed E-state index contributed by atoms with van der Waals surface area (Å²) in [5.74, 6) is 0.680. The lowest BCUT2D eigenvalue weighted by molar-refractivity contribution is 0.562. The molecule has 0 radical (unpaired) electrons. The van der Waals surface area contributed by atoms with Crippen LogP contribution in [0.4, 0.5) is 5.69 Å². The van der Waals surface area contributed by atoms with Crippen molar-refractivity contribution in [3.05, 3.63) is 65.9 Å². The van der Waals surface area contributed by atoms with Crippen LogP contribution in [0.25, 0.3) is 0 Å². The molecule has 0 amide bonds. The molecule has 0 aliphatic heterocycles. The summed E-state index contributed by atoms with van der Waals surface area (Å²) in [5, 5.41) is 3.43. The summed E-state index contributed by atoms with van der Waals surface area (Å²) in [6, 6.07) is 6.45. The molecule has 1 heteroatoms. The first-order valence-corrected chi connectivity index (χ1v) is 6.92. The van der Waals surface area contributed by atoms with Gasteiger partial charge >= 0.3 is 0 Å². The first-order valence-electron chi connectivity index (χ1n) is 6.92. The molecule has 0 aromatic heterocycles. The van der Waals surface area contributed by atoms with Crippen LogP contribution in [0.1, 0.15) is 30.4 Å². The molecule has 0 saturated carbocycles. The Morgan fingerprint density at radius 3 is 2.79 bits per heavy atom. The molecule has 0 heterocycles. The molecule has 1 N–H and O–H groups in total. The molecular formula is C18H23N. The van der Waals surface area contributed by atoms with Crippen LogP contribution >= 0.6 is 0 Å². The molecule has 1 aromatic carbocycles. The van der Waals surface area contributed by atoms with Gasteiger partial charge in [-0.05, 0) is 62.3 Å². The second-order valence-electron chi connectivity index (χ2n) is 5.52. The third-order valence-electron chi connectivity index (χ3n) is 3.86. The lowest BCUT2D eigenvalue weighted by Crippen LogP contribution is -2.04. The van der Waals surface area contributed by atoms with Crippen molar-refractivity contribution in [2.45, 2.75) is 33.1 Å². The van der Waals surface area contributed by atoms with Crippen molar-refractivity contribution in [2.75, 3.05) is 5.32 Å². The summed E-state index contributed by atoms with van der Waals surface area (Å²) >= 11 is 0. The van der Waals surface area contributed by atoms with Crippen molar-refractivity contribution in [1.82, 2.24) is 0 Å². The largest absolute Gasteiger partial charge is 0.359 e. The summed E-state index contributed by atoms with van der Waals surface area (Å²) in [6.45, 7) is 12.3. The van der Waals surface area contributed by atoms with Gasteiger partial charge in [-0.2, -0.15) is 0 Å².